The number of halogens is 2. The summed E-state index contributed by atoms with van der Waals surface area (Å²) < 4.78 is 7.13. The van der Waals surface area contributed by atoms with Crippen LogP contribution in [-0.4, -0.2) is 39.9 Å². The number of carbonyl (C=O) groups excluding carboxylic acids is 1. The molecule has 1 aromatic heterocycles. The average Bonchev–Trinajstić information content (AvgIpc) is 3.02. The summed E-state index contributed by atoms with van der Waals surface area (Å²) in [7, 11) is 1.62. The number of anilines is 1. The van der Waals surface area contributed by atoms with Gasteiger partial charge in [-0.05, 0) is 24.3 Å². The van der Waals surface area contributed by atoms with E-state index in [9.17, 15) is 14.9 Å². The molecule has 1 N–H and O–H groups in total. The lowest BCUT2D eigenvalue weighted by atomic mass is 10.3. The predicted molar refractivity (Wildman–Crippen MR) is 114 cm³/mol. The number of nitro benzene ring substituents is 1. The molecule has 152 valence electrons. The average molecular weight is 455 g/mol. The number of imidazole rings is 1. The maximum absolute atomic E-state index is 12.3. The molecule has 8 nitrogen and oxygen atoms in total. The zero-order chi connectivity index (χ0) is 21.0. The highest BCUT2D eigenvalue weighted by atomic mass is 35.5. The second-order valence-electron chi connectivity index (χ2n) is 5.93. The molecule has 0 unspecified atom stereocenters. The van der Waals surface area contributed by atoms with E-state index in [4.69, 9.17) is 27.9 Å². The van der Waals surface area contributed by atoms with Crippen LogP contribution in [0, 0.1) is 10.1 Å². The molecular formula is C18H16Cl2N4O4S. The van der Waals surface area contributed by atoms with E-state index in [-0.39, 0.29) is 22.4 Å². The van der Waals surface area contributed by atoms with Gasteiger partial charge in [-0.1, -0.05) is 35.0 Å². The van der Waals surface area contributed by atoms with Crippen LogP contribution in [0.4, 0.5) is 11.4 Å². The van der Waals surface area contributed by atoms with Crippen molar-refractivity contribution in [3.05, 3.63) is 56.6 Å². The van der Waals surface area contributed by atoms with Crippen molar-refractivity contribution in [3.8, 4) is 0 Å². The van der Waals surface area contributed by atoms with Crippen LogP contribution in [0.3, 0.4) is 0 Å². The molecule has 2 aromatic carbocycles. The van der Waals surface area contributed by atoms with Crippen molar-refractivity contribution >= 4 is 63.3 Å². The number of hydrogen-bond donors (Lipinski definition) is 1. The van der Waals surface area contributed by atoms with Gasteiger partial charge in [0.2, 0.25) is 5.91 Å². The summed E-state index contributed by atoms with van der Waals surface area (Å²) >= 11 is 13.3. The Morgan fingerprint density at radius 2 is 2.10 bits per heavy atom. The highest BCUT2D eigenvalue weighted by Crippen LogP contribution is 2.28. The fourth-order valence-corrected chi connectivity index (χ4v) is 3.85. The Balaban J connectivity index is 1.72. The van der Waals surface area contributed by atoms with Crippen molar-refractivity contribution in [2.24, 2.45) is 0 Å². The number of rotatable bonds is 8. The third-order valence-corrected chi connectivity index (χ3v) is 5.49. The van der Waals surface area contributed by atoms with E-state index in [1.165, 1.54) is 30.0 Å². The second-order valence-corrected chi connectivity index (χ2v) is 7.72. The van der Waals surface area contributed by atoms with Gasteiger partial charge in [0.15, 0.2) is 5.16 Å². The molecule has 11 heteroatoms. The minimum absolute atomic E-state index is 0.0807. The Hall–Kier alpha value is -2.33. The maximum Gasteiger partial charge on any atom is 0.271 e. The Kier molecular flexibility index (Phi) is 6.96. The van der Waals surface area contributed by atoms with Gasteiger partial charge < -0.3 is 14.6 Å². The van der Waals surface area contributed by atoms with E-state index >= 15 is 0 Å². The van der Waals surface area contributed by atoms with Crippen molar-refractivity contribution < 1.29 is 14.5 Å². The summed E-state index contributed by atoms with van der Waals surface area (Å²) in [5.74, 6) is -0.230. The van der Waals surface area contributed by atoms with Gasteiger partial charge >= 0.3 is 0 Å². The van der Waals surface area contributed by atoms with Gasteiger partial charge in [0.25, 0.3) is 5.69 Å². The minimum atomic E-state index is -0.551. The summed E-state index contributed by atoms with van der Waals surface area (Å²) in [5, 5.41) is 14.8. The second kappa shape index (κ2) is 9.45. The van der Waals surface area contributed by atoms with Crippen LogP contribution in [0.2, 0.25) is 10.0 Å². The highest BCUT2D eigenvalue weighted by Gasteiger charge is 2.15. The number of non-ortho nitro benzene ring substituents is 1. The predicted octanol–water partition coefficient (Wildman–Crippen LogP) is 4.63. The smallest absolute Gasteiger partial charge is 0.271 e. The van der Waals surface area contributed by atoms with Crippen LogP contribution in [0.25, 0.3) is 11.0 Å². The van der Waals surface area contributed by atoms with Crippen LogP contribution in [0.5, 0.6) is 0 Å². The van der Waals surface area contributed by atoms with Crippen LogP contribution >= 0.6 is 35.0 Å². The first-order valence-electron chi connectivity index (χ1n) is 8.40. The molecule has 3 aromatic rings. The summed E-state index contributed by atoms with van der Waals surface area (Å²) in [4.78, 5) is 27.1. The quantitative estimate of drug-likeness (QED) is 0.302. The number of nitrogens with one attached hydrogen (secondary N) is 1. The first kappa shape index (κ1) is 21.4. The van der Waals surface area contributed by atoms with Crippen LogP contribution < -0.4 is 5.32 Å². The molecular weight excluding hydrogens is 439 g/mol. The van der Waals surface area contributed by atoms with Crippen LogP contribution in [0.1, 0.15) is 0 Å². The fraction of sp³-hybridized carbons (Fsp3) is 0.222. The highest BCUT2D eigenvalue weighted by molar-refractivity contribution is 7.99. The molecule has 0 aliphatic rings. The van der Waals surface area contributed by atoms with Crippen molar-refractivity contribution in [1.82, 2.24) is 9.55 Å². The lowest BCUT2D eigenvalue weighted by Crippen LogP contribution is -2.15. The zero-order valence-corrected chi connectivity index (χ0v) is 17.6. The lowest BCUT2D eigenvalue weighted by molar-refractivity contribution is -0.384. The molecule has 3 rings (SSSR count). The van der Waals surface area contributed by atoms with Crippen molar-refractivity contribution in [2.45, 2.75) is 11.7 Å². The first-order chi connectivity index (χ1) is 13.9. The van der Waals surface area contributed by atoms with Gasteiger partial charge in [-0.3, -0.25) is 14.9 Å². The van der Waals surface area contributed by atoms with Crippen molar-refractivity contribution in [1.29, 1.82) is 0 Å². The molecule has 0 saturated heterocycles. The monoisotopic (exact) mass is 454 g/mol. The molecule has 0 aliphatic heterocycles. The summed E-state index contributed by atoms with van der Waals surface area (Å²) in [6.07, 6.45) is 0. The number of carbonyl (C=O) groups is 1. The number of nitro groups is 1. The van der Waals surface area contributed by atoms with E-state index in [2.05, 4.69) is 10.3 Å². The third kappa shape index (κ3) is 5.18. The number of thioether (sulfide) groups is 1. The number of ether oxygens (including phenoxy) is 1. The topological polar surface area (TPSA) is 99.3 Å². The third-order valence-electron chi connectivity index (χ3n) is 3.96. The first-order valence-corrected chi connectivity index (χ1v) is 10.1. The molecule has 0 fully saturated rings. The zero-order valence-electron chi connectivity index (χ0n) is 15.2. The largest absolute Gasteiger partial charge is 0.383 e. The van der Waals surface area contributed by atoms with Gasteiger partial charge in [-0.25, -0.2) is 4.98 Å². The maximum atomic E-state index is 12.3. The Labute approximate surface area is 180 Å². The molecule has 29 heavy (non-hydrogen) atoms. The molecule has 0 saturated carbocycles. The number of amides is 1. The number of hydrogen-bond acceptors (Lipinski definition) is 6. The summed E-state index contributed by atoms with van der Waals surface area (Å²) in [6.45, 7) is 1.07. The van der Waals surface area contributed by atoms with Crippen LogP contribution in [0.15, 0.2) is 41.6 Å². The number of aromatic nitrogens is 2. The molecule has 0 aliphatic carbocycles. The lowest BCUT2D eigenvalue weighted by Gasteiger charge is -2.09. The Morgan fingerprint density at radius 1 is 1.31 bits per heavy atom. The molecule has 1 amide bonds. The Morgan fingerprint density at radius 3 is 2.79 bits per heavy atom. The van der Waals surface area contributed by atoms with E-state index < -0.39 is 4.92 Å². The molecule has 0 bridgehead atoms. The number of fused-ring (bicyclic) bond motifs is 1. The van der Waals surface area contributed by atoms with E-state index in [1.54, 1.807) is 19.2 Å². The molecule has 0 radical (unpaired) electrons. The SMILES string of the molecule is COCCn1c(SCC(=O)Nc2ccc([N+](=O)[O-])cc2Cl)nc2cc(Cl)ccc21. The van der Waals surface area contributed by atoms with Crippen LogP contribution in [-0.2, 0) is 16.1 Å². The van der Waals surface area contributed by atoms with E-state index in [0.717, 1.165) is 11.0 Å². The van der Waals surface area contributed by atoms with Gasteiger partial charge in [0.05, 0.1) is 39.0 Å². The summed E-state index contributed by atoms with van der Waals surface area (Å²) in [6, 6.07) is 9.30. The number of methoxy groups -OCH3 is 1. The van der Waals surface area contributed by atoms with Gasteiger partial charge in [0.1, 0.15) is 0 Å². The normalized spacial score (nSPS) is 11.0. The van der Waals surface area contributed by atoms with Gasteiger partial charge in [0, 0.05) is 30.8 Å². The molecule has 0 spiro atoms. The van der Waals surface area contributed by atoms with Crippen molar-refractivity contribution in [3.63, 3.8) is 0 Å². The van der Waals surface area contributed by atoms with Gasteiger partial charge in [-0.15, -0.1) is 0 Å². The standard InChI is InChI=1S/C18H16Cl2N4O4S/c1-28-7-6-23-16-5-2-11(19)8-15(16)22-18(23)29-10-17(25)21-14-4-3-12(24(26)27)9-13(14)20/h2-5,8-9H,6-7,10H2,1H3,(H,21,25). The number of nitrogens with zero attached hydrogens (tertiary/aromatic N) is 3. The summed E-state index contributed by atoms with van der Waals surface area (Å²) in [5.41, 5.74) is 1.79. The van der Waals surface area contributed by atoms with E-state index in [1.807, 2.05) is 10.6 Å². The fourth-order valence-electron chi connectivity index (χ4n) is 2.63. The molecule has 1 heterocycles. The number of benzene rings is 2. The van der Waals surface area contributed by atoms with E-state index in [0.29, 0.717) is 29.0 Å². The Bertz CT molecular complexity index is 1070. The molecule has 0 atom stereocenters. The van der Waals surface area contributed by atoms with Gasteiger partial charge in [-0.2, -0.15) is 0 Å². The minimum Gasteiger partial charge on any atom is -0.383 e. The van der Waals surface area contributed by atoms with Crippen molar-refractivity contribution in [2.75, 3.05) is 24.8 Å².